The number of benzene rings is 2. The van der Waals surface area contributed by atoms with Gasteiger partial charge in [-0.15, -0.1) is 0 Å². The molecule has 0 bridgehead atoms. The number of carbonyl (C=O) groups excluding carboxylic acids is 1. The van der Waals surface area contributed by atoms with Crippen molar-refractivity contribution in [3.05, 3.63) is 66.4 Å². The van der Waals surface area contributed by atoms with E-state index in [1.165, 1.54) is 13.8 Å². The summed E-state index contributed by atoms with van der Waals surface area (Å²) in [5, 5.41) is 14.9. The molecule has 3 N–H and O–H groups in total. The number of nitrogens with zero attached hydrogens (tertiary/aromatic N) is 3. The normalized spacial score (nSPS) is 18.9. The summed E-state index contributed by atoms with van der Waals surface area (Å²) in [7, 11) is -3.68. The highest BCUT2D eigenvalue weighted by atomic mass is 32.2. The van der Waals surface area contributed by atoms with Crippen molar-refractivity contribution in [1.82, 2.24) is 15.3 Å². The number of sulfone groups is 1. The molecule has 5 rings (SSSR count). The number of hydrogen-bond donors (Lipinski definition) is 3. The molecule has 1 aliphatic heterocycles. The molecular formula is C28H33N5O5S. The Bertz CT molecular complexity index is 1450. The quantitative estimate of drug-likeness (QED) is 0.379. The first-order valence-electron chi connectivity index (χ1n) is 12.9. The fraction of sp³-hybridized carbons (Fsp3) is 0.393. The van der Waals surface area contributed by atoms with Crippen LogP contribution in [0.4, 0.5) is 16.3 Å². The van der Waals surface area contributed by atoms with Gasteiger partial charge in [0.05, 0.1) is 29.8 Å². The minimum Gasteiger partial charge on any atom is -0.377 e. The summed E-state index contributed by atoms with van der Waals surface area (Å²) in [5.41, 5.74) is 0.325. The van der Waals surface area contributed by atoms with Crippen molar-refractivity contribution in [1.29, 1.82) is 0 Å². The van der Waals surface area contributed by atoms with Crippen molar-refractivity contribution < 1.29 is 23.1 Å². The van der Waals surface area contributed by atoms with Gasteiger partial charge in [-0.2, -0.15) is 0 Å². The molecule has 1 aromatic heterocycles. The number of urea groups is 1. The minimum atomic E-state index is -3.68. The molecule has 1 saturated carbocycles. The summed E-state index contributed by atoms with van der Waals surface area (Å²) >= 11 is 0. The van der Waals surface area contributed by atoms with Crippen molar-refractivity contribution in [2.45, 2.75) is 55.0 Å². The summed E-state index contributed by atoms with van der Waals surface area (Å²) in [4.78, 5) is 24.2. The molecule has 0 spiro atoms. The molecule has 2 heterocycles. The van der Waals surface area contributed by atoms with Crippen LogP contribution in [0.1, 0.15) is 39.3 Å². The Balaban J connectivity index is 1.52. The summed E-state index contributed by atoms with van der Waals surface area (Å²) < 4.78 is 32.1. The van der Waals surface area contributed by atoms with Gasteiger partial charge < -0.3 is 25.4 Å². The van der Waals surface area contributed by atoms with Gasteiger partial charge in [-0.3, -0.25) is 0 Å². The minimum absolute atomic E-state index is 0.0658. The van der Waals surface area contributed by atoms with E-state index in [-0.39, 0.29) is 10.9 Å². The highest BCUT2D eigenvalue weighted by Crippen LogP contribution is 2.55. The average Bonchev–Trinajstić information content (AvgIpc) is 3.72. The number of morpholine rings is 1. The zero-order chi connectivity index (χ0) is 27.8. The fourth-order valence-corrected chi connectivity index (χ4v) is 6.74. The number of nitrogens with one attached hydrogen (secondary N) is 2. The molecule has 2 aliphatic rings. The lowest BCUT2D eigenvalue weighted by Gasteiger charge is -2.34. The van der Waals surface area contributed by atoms with E-state index in [9.17, 15) is 18.3 Å². The largest absolute Gasteiger partial charge is 0.377 e. The van der Waals surface area contributed by atoms with Gasteiger partial charge in [0.15, 0.2) is 15.7 Å². The molecule has 11 heteroatoms. The van der Waals surface area contributed by atoms with Crippen molar-refractivity contribution in [2.75, 3.05) is 30.0 Å². The summed E-state index contributed by atoms with van der Waals surface area (Å²) in [6.45, 7) is 6.73. The lowest BCUT2D eigenvalue weighted by atomic mass is 10.1. The third-order valence-corrected chi connectivity index (χ3v) is 9.47. The Kier molecular flexibility index (Phi) is 7.08. The predicted molar refractivity (Wildman–Crippen MR) is 148 cm³/mol. The fourth-order valence-electron chi connectivity index (χ4n) is 4.76. The second-order valence-electron chi connectivity index (χ2n) is 10.6. The summed E-state index contributed by atoms with van der Waals surface area (Å²) in [5.74, 6) is 1.07. The molecule has 2 amide bonds. The van der Waals surface area contributed by atoms with Crippen molar-refractivity contribution in [3.8, 4) is 11.4 Å². The van der Waals surface area contributed by atoms with E-state index in [2.05, 4.69) is 15.5 Å². The van der Waals surface area contributed by atoms with Crippen LogP contribution in [0, 0.1) is 0 Å². The predicted octanol–water partition coefficient (Wildman–Crippen LogP) is 3.68. The first-order valence-corrected chi connectivity index (χ1v) is 14.4. The lowest BCUT2D eigenvalue weighted by Crippen LogP contribution is -2.45. The van der Waals surface area contributed by atoms with Crippen molar-refractivity contribution in [2.24, 2.45) is 0 Å². The Morgan fingerprint density at radius 1 is 1.10 bits per heavy atom. The van der Waals surface area contributed by atoms with Crippen LogP contribution < -0.4 is 15.5 Å². The average molecular weight is 552 g/mol. The molecule has 2 aromatic carbocycles. The van der Waals surface area contributed by atoms with Crippen LogP contribution in [-0.4, -0.2) is 61.0 Å². The van der Waals surface area contributed by atoms with E-state index in [1.54, 1.807) is 54.6 Å². The van der Waals surface area contributed by atoms with Crippen LogP contribution in [-0.2, 0) is 19.3 Å². The maximum absolute atomic E-state index is 13.8. The summed E-state index contributed by atoms with van der Waals surface area (Å²) in [6, 6.07) is 16.8. The number of hydrogen-bond acceptors (Lipinski definition) is 8. The zero-order valence-corrected chi connectivity index (χ0v) is 23.0. The van der Waals surface area contributed by atoms with Crippen LogP contribution in [0.15, 0.2) is 65.6 Å². The van der Waals surface area contributed by atoms with Crippen LogP contribution in [0.2, 0.25) is 0 Å². The smallest absolute Gasteiger partial charge is 0.321 e. The van der Waals surface area contributed by atoms with Crippen LogP contribution in [0.25, 0.3) is 11.4 Å². The Hall–Kier alpha value is -3.54. The highest BCUT2D eigenvalue weighted by molar-refractivity contribution is 7.92. The zero-order valence-electron chi connectivity index (χ0n) is 22.2. The van der Waals surface area contributed by atoms with E-state index in [1.807, 2.05) is 13.0 Å². The Morgan fingerprint density at radius 3 is 2.41 bits per heavy atom. The van der Waals surface area contributed by atoms with E-state index >= 15 is 0 Å². The molecule has 10 nitrogen and oxygen atoms in total. The maximum atomic E-state index is 13.8. The second-order valence-corrected chi connectivity index (χ2v) is 12.8. The number of aromatic nitrogens is 2. The van der Waals surface area contributed by atoms with Gasteiger partial charge in [0, 0.05) is 23.9 Å². The molecule has 1 saturated heterocycles. The van der Waals surface area contributed by atoms with Gasteiger partial charge >= 0.3 is 6.03 Å². The standard InChI is InChI=1S/C28H33N5O5S/c1-19-18-38-16-15-33(19)24-17-23(28(13-14-28)39(36,37)22-7-5-4-6-8-22)30-25(31-24)20-9-11-21(12-10-20)29-26(34)32-27(2,3)35/h4-12,17,19,35H,13-16,18H2,1-3H3,(H2,29,32,34)/t19-/m0/s1. The molecule has 39 heavy (non-hydrogen) atoms. The number of rotatable bonds is 7. The second kappa shape index (κ2) is 10.2. The first-order chi connectivity index (χ1) is 18.5. The molecule has 1 aliphatic carbocycles. The van der Waals surface area contributed by atoms with Crippen LogP contribution in [0.3, 0.4) is 0 Å². The topological polar surface area (TPSA) is 134 Å². The number of carbonyl (C=O) groups is 1. The number of aliphatic hydroxyl groups is 1. The third kappa shape index (κ3) is 5.61. The van der Waals surface area contributed by atoms with Gasteiger partial charge in [0.25, 0.3) is 0 Å². The van der Waals surface area contributed by atoms with E-state index in [0.717, 1.165) is 0 Å². The van der Waals surface area contributed by atoms with Gasteiger partial charge in [0.1, 0.15) is 16.3 Å². The van der Waals surface area contributed by atoms with Gasteiger partial charge in [-0.25, -0.2) is 23.2 Å². The van der Waals surface area contributed by atoms with E-state index < -0.39 is 26.3 Å². The lowest BCUT2D eigenvalue weighted by molar-refractivity contribution is 0.0569. The maximum Gasteiger partial charge on any atom is 0.321 e. The number of anilines is 2. The third-order valence-electron chi connectivity index (χ3n) is 6.93. The SMILES string of the molecule is C[C@H]1COCCN1c1cc(C2(S(=O)(=O)c3ccccc3)CC2)nc(-c2ccc(NC(=O)NC(C)(C)O)cc2)n1. The van der Waals surface area contributed by atoms with Crippen molar-refractivity contribution >= 4 is 27.4 Å². The van der Waals surface area contributed by atoms with E-state index in [0.29, 0.717) is 61.2 Å². The first kappa shape index (κ1) is 27.0. The Morgan fingerprint density at radius 2 is 1.79 bits per heavy atom. The number of amides is 2. The molecule has 206 valence electrons. The van der Waals surface area contributed by atoms with Crippen molar-refractivity contribution in [3.63, 3.8) is 0 Å². The molecule has 0 radical (unpaired) electrons. The summed E-state index contributed by atoms with van der Waals surface area (Å²) in [6.07, 6.45) is 0.968. The van der Waals surface area contributed by atoms with Crippen LogP contribution in [0.5, 0.6) is 0 Å². The molecule has 1 atom stereocenters. The van der Waals surface area contributed by atoms with Crippen LogP contribution >= 0.6 is 0 Å². The molecule has 2 fully saturated rings. The molecule has 0 unspecified atom stereocenters. The molecule has 3 aromatic rings. The molecular weight excluding hydrogens is 518 g/mol. The Labute approximate surface area is 228 Å². The number of ether oxygens (including phenoxy) is 1. The monoisotopic (exact) mass is 551 g/mol. The van der Waals surface area contributed by atoms with Gasteiger partial charge in [-0.1, -0.05) is 18.2 Å². The van der Waals surface area contributed by atoms with E-state index in [4.69, 9.17) is 14.7 Å². The highest BCUT2D eigenvalue weighted by Gasteiger charge is 2.58. The van der Waals surface area contributed by atoms with Gasteiger partial charge in [0.2, 0.25) is 0 Å². The van der Waals surface area contributed by atoms with Gasteiger partial charge in [-0.05, 0) is 70.0 Å².